The van der Waals surface area contributed by atoms with Gasteiger partial charge in [-0.25, -0.2) is 13.9 Å². The predicted octanol–water partition coefficient (Wildman–Crippen LogP) is 5.80. The number of nitrogens with zero attached hydrogens (tertiary/aromatic N) is 3. The van der Waals surface area contributed by atoms with Gasteiger partial charge in [0, 0.05) is 16.8 Å². The van der Waals surface area contributed by atoms with Crippen molar-refractivity contribution in [3.8, 4) is 0 Å². The van der Waals surface area contributed by atoms with Gasteiger partial charge in [0.05, 0.1) is 6.20 Å². The first-order valence-corrected chi connectivity index (χ1v) is 10.2. The van der Waals surface area contributed by atoms with Crippen LogP contribution >= 0.6 is 0 Å². The first-order valence-electron chi connectivity index (χ1n) is 10.2. The minimum atomic E-state index is -0.336. The molecule has 0 bridgehead atoms. The largest absolute Gasteiger partial charge is 0.338 e. The highest BCUT2D eigenvalue weighted by atomic mass is 19.1. The molecule has 2 aromatic heterocycles. The highest BCUT2D eigenvalue weighted by molar-refractivity contribution is 6.03. The second-order valence-electron chi connectivity index (χ2n) is 8.49. The maximum atomic E-state index is 13.4. The number of hydrogen-bond donors (Lipinski definition) is 2. The van der Waals surface area contributed by atoms with Gasteiger partial charge in [-0.2, -0.15) is 0 Å². The molecule has 0 unspecified atom stereocenters. The van der Waals surface area contributed by atoms with Crippen LogP contribution in [-0.4, -0.2) is 20.5 Å². The van der Waals surface area contributed by atoms with E-state index in [2.05, 4.69) is 48.1 Å². The molecule has 1 amide bonds. The molecule has 7 heteroatoms. The van der Waals surface area contributed by atoms with Crippen LogP contribution in [0.3, 0.4) is 0 Å². The van der Waals surface area contributed by atoms with E-state index >= 15 is 0 Å². The molecule has 0 radical (unpaired) electrons. The van der Waals surface area contributed by atoms with Gasteiger partial charge in [0.15, 0.2) is 17.3 Å². The lowest BCUT2D eigenvalue weighted by atomic mass is 9.87. The third-order valence-electron chi connectivity index (χ3n) is 5.07. The lowest BCUT2D eigenvalue weighted by Crippen LogP contribution is -2.14. The molecule has 0 saturated carbocycles. The first kappa shape index (κ1) is 21.2. The van der Waals surface area contributed by atoms with Crippen LogP contribution < -0.4 is 10.6 Å². The van der Waals surface area contributed by atoms with Crippen LogP contribution in [-0.2, 0) is 5.41 Å². The zero-order valence-electron chi connectivity index (χ0n) is 18.2. The van der Waals surface area contributed by atoms with Crippen LogP contribution in [0.15, 0.2) is 67.4 Å². The Labute approximate surface area is 185 Å². The van der Waals surface area contributed by atoms with Gasteiger partial charge in [0.1, 0.15) is 5.82 Å². The molecule has 0 aliphatic rings. The Hall–Kier alpha value is -4.00. The molecule has 162 valence electrons. The zero-order valence-corrected chi connectivity index (χ0v) is 18.2. The van der Waals surface area contributed by atoms with Crippen LogP contribution in [0, 0.1) is 5.82 Å². The van der Waals surface area contributed by atoms with E-state index in [1.54, 1.807) is 35.0 Å². The fraction of sp³-hybridized carbons (Fsp3) is 0.160. The number of nitrogens with one attached hydrogen (secondary N) is 2. The molecule has 0 spiro atoms. The number of halogens is 1. The normalized spacial score (nSPS) is 11.4. The Morgan fingerprint density at radius 2 is 1.81 bits per heavy atom. The van der Waals surface area contributed by atoms with Crippen LogP contribution in [0.5, 0.6) is 0 Å². The number of carbonyl (C=O) groups is 1. The van der Waals surface area contributed by atoms with Crippen LogP contribution in [0.25, 0.3) is 11.7 Å². The number of aromatic nitrogens is 3. The average Bonchev–Trinajstić information content (AvgIpc) is 3.16. The summed E-state index contributed by atoms with van der Waals surface area (Å²) in [6.07, 6.45) is 3.21. The standard InChI is InChI=1S/C25H24FN5O/c1-5-16-14-19(26)10-11-20(16)27-21-12-13-23-28-22(15-31(23)30-21)29-24(32)17-6-8-18(9-7-17)25(2,3)4/h5-15H,1H2,2-4H3,(H,27,30)(H,29,32). The third kappa shape index (κ3) is 4.51. The van der Waals surface area contributed by atoms with Crippen molar-refractivity contribution in [1.29, 1.82) is 0 Å². The molecule has 2 aromatic carbocycles. The highest BCUT2D eigenvalue weighted by Crippen LogP contribution is 2.24. The minimum absolute atomic E-state index is 0.0222. The lowest BCUT2D eigenvalue weighted by Gasteiger charge is -2.18. The molecule has 4 aromatic rings. The Kier molecular flexibility index (Phi) is 5.48. The summed E-state index contributed by atoms with van der Waals surface area (Å²) in [7, 11) is 0. The molecule has 2 heterocycles. The fourth-order valence-electron chi connectivity index (χ4n) is 3.27. The van der Waals surface area contributed by atoms with Crippen molar-refractivity contribution in [2.45, 2.75) is 26.2 Å². The number of anilines is 3. The Morgan fingerprint density at radius 3 is 2.50 bits per heavy atom. The highest BCUT2D eigenvalue weighted by Gasteiger charge is 2.15. The Morgan fingerprint density at radius 1 is 1.06 bits per heavy atom. The number of fused-ring (bicyclic) bond motifs is 1. The van der Waals surface area contributed by atoms with Gasteiger partial charge < -0.3 is 10.6 Å². The SMILES string of the molecule is C=Cc1cc(F)ccc1Nc1ccc2nc(NC(=O)c3ccc(C(C)(C)C)cc3)cn2n1. The van der Waals surface area contributed by atoms with Gasteiger partial charge in [-0.3, -0.25) is 4.79 Å². The number of hydrogen-bond acceptors (Lipinski definition) is 4. The summed E-state index contributed by atoms with van der Waals surface area (Å²) in [6, 6.07) is 15.5. The van der Waals surface area contributed by atoms with Crippen molar-refractivity contribution in [3.05, 3.63) is 89.9 Å². The van der Waals surface area contributed by atoms with E-state index in [-0.39, 0.29) is 17.1 Å². The second-order valence-corrected chi connectivity index (χ2v) is 8.49. The quantitative estimate of drug-likeness (QED) is 0.420. The minimum Gasteiger partial charge on any atom is -0.338 e. The van der Waals surface area contributed by atoms with E-state index in [4.69, 9.17) is 0 Å². The smallest absolute Gasteiger partial charge is 0.256 e. The van der Waals surface area contributed by atoms with Crippen molar-refractivity contribution in [3.63, 3.8) is 0 Å². The van der Waals surface area contributed by atoms with Gasteiger partial charge in [-0.1, -0.05) is 45.6 Å². The van der Waals surface area contributed by atoms with E-state index in [1.807, 2.05) is 24.3 Å². The van der Waals surface area contributed by atoms with E-state index in [1.165, 1.54) is 12.1 Å². The monoisotopic (exact) mass is 429 g/mol. The Bertz CT molecular complexity index is 1300. The number of benzene rings is 2. The predicted molar refractivity (Wildman–Crippen MR) is 126 cm³/mol. The van der Waals surface area contributed by atoms with Crippen LogP contribution in [0.1, 0.15) is 42.3 Å². The molecule has 32 heavy (non-hydrogen) atoms. The fourth-order valence-corrected chi connectivity index (χ4v) is 3.27. The van der Waals surface area contributed by atoms with Crippen molar-refractivity contribution in [1.82, 2.24) is 14.6 Å². The van der Waals surface area contributed by atoms with E-state index in [0.29, 0.717) is 34.1 Å². The van der Waals surface area contributed by atoms with Crippen LogP contribution in [0.4, 0.5) is 21.7 Å². The van der Waals surface area contributed by atoms with E-state index in [9.17, 15) is 9.18 Å². The number of amides is 1. The summed E-state index contributed by atoms with van der Waals surface area (Å²) in [5.41, 5.74) is 3.62. The van der Waals surface area contributed by atoms with Gasteiger partial charge in [0.25, 0.3) is 5.91 Å². The maximum absolute atomic E-state index is 13.4. The molecule has 0 saturated heterocycles. The molecule has 0 fully saturated rings. The van der Waals surface area contributed by atoms with Crippen molar-refractivity contribution >= 4 is 35.0 Å². The topological polar surface area (TPSA) is 71.3 Å². The number of carbonyl (C=O) groups excluding carboxylic acids is 1. The van der Waals surface area contributed by atoms with Crippen molar-refractivity contribution in [2.75, 3.05) is 10.6 Å². The number of imidazole rings is 1. The Balaban J connectivity index is 1.52. The van der Waals surface area contributed by atoms with Gasteiger partial charge in [0.2, 0.25) is 0 Å². The molecular weight excluding hydrogens is 405 g/mol. The summed E-state index contributed by atoms with van der Waals surface area (Å²) in [6.45, 7) is 10.1. The first-order chi connectivity index (χ1) is 15.2. The molecule has 2 N–H and O–H groups in total. The average molecular weight is 429 g/mol. The molecule has 0 atom stereocenters. The van der Waals surface area contributed by atoms with Crippen molar-refractivity contribution in [2.24, 2.45) is 0 Å². The summed E-state index contributed by atoms with van der Waals surface area (Å²) in [5.74, 6) is 0.361. The van der Waals surface area contributed by atoms with Crippen LogP contribution in [0.2, 0.25) is 0 Å². The van der Waals surface area contributed by atoms with Crippen molar-refractivity contribution < 1.29 is 9.18 Å². The summed E-state index contributed by atoms with van der Waals surface area (Å²) in [5, 5.41) is 10.4. The maximum Gasteiger partial charge on any atom is 0.256 e. The molecule has 6 nitrogen and oxygen atoms in total. The third-order valence-corrected chi connectivity index (χ3v) is 5.07. The van der Waals surface area contributed by atoms with E-state index in [0.717, 1.165) is 5.56 Å². The molecule has 0 aliphatic heterocycles. The van der Waals surface area contributed by atoms with Gasteiger partial charge >= 0.3 is 0 Å². The zero-order chi connectivity index (χ0) is 22.9. The lowest BCUT2D eigenvalue weighted by molar-refractivity contribution is 0.102. The summed E-state index contributed by atoms with van der Waals surface area (Å²) in [4.78, 5) is 17.0. The van der Waals surface area contributed by atoms with Gasteiger partial charge in [-0.15, -0.1) is 5.10 Å². The van der Waals surface area contributed by atoms with Gasteiger partial charge in [-0.05, 0) is 53.4 Å². The van der Waals surface area contributed by atoms with E-state index < -0.39 is 0 Å². The molecule has 0 aliphatic carbocycles. The second kappa shape index (κ2) is 8.26. The molecule has 4 rings (SSSR count). The molecular formula is C25H24FN5O. The summed E-state index contributed by atoms with van der Waals surface area (Å²) >= 11 is 0. The number of rotatable bonds is 5. The summed E-state index contributed by atoms with van der Waals surface area (Å²) < 4.78 is 15.0.